The Balaban J connectivity index is 1.39. The summed E-state index contributed by atoms with van der Waals surface area (Å²) in [6.07, 6.45) is 5.79. The molecule has 0 spiro atoms. The van der Waals surface area contributed by atoms with E-state index in [1.165, 1.54) is 12.1 Å². The Bertz CT molecular complexity index is 1330. The van der Waals surface area contributed by atoms with Gasteiger partial charge in [-0.15, -0.1) is 0 Å². The highest BCUT2D eigenvalue weighted by molar-refractivity contribution is 7.80. The van der Waals surface area contributed by atoms with E-state index in [0.717, 1.165) is 17.1 Å². The predicted octanol–water partition coefficient (Wildman–Crippen LogP) is 4.47. The van der Waals surface area contributed by atoms with E-state index in [-0.39, 0.29) is 30.2 Å². The summed E-state index contributed by atoms with van der Waals surface area (Å²) in [6, 6.07) is 21.1. The minimum atomic E-state index is -0.349. The molecule has 1 saturated heterocycles. The van der Waals surface area contributed by atoms with Crippen LogP contribution in [0.1, 0.15) is 35.6 Å². The first-order valence-corrected chi connectivity index (χ1v) is 12.1. The molecule has 4 heterocycles. The summed E-state index contributed by atoms with van der Waals surface area (Å²) >= 11 is 5.73. The van der Waals surface area contributed by atoms with Gasteiger partial charge in [-0.1, -0.05) is 12.1 Å². The third-order valence-electron chi connectivity index (χ3n) is 6.13. The molecule has 1 aliphatic heterocycles. The largest absolute Gasteiger partial charge is 0.352 e. The van der Waals surface area contributed by atoms with Gasteiger partial charge in [0, 0.05) is 42.9 Å². The van der Waals surface area contributed by atoms with Crippen molar-refractivity contribution in [1.29, 1.82) is 0 Å². The zero-order valence-electron chi connectivity index (χ0n) is 19.4. The van der Waals surface area contributed by atoms with Gasteiger partial charge in [-0.3, -0.25) is 14.8 Å². The molecule has 0 unspecified atom stereocenters. The van der Waals surface area contributed by atoms with Crippen LogP contribution < -0.4 is 10.6 Å². The van der Waals surface area contributed by atoms with Gasteiger partial charge >= 0.3 is 0 Å². The smallest absolute Gasteiger partial charge is 0.226 e. The van der Waals surface area contributed by atoms with Crippen LogP contribution in [0.3, 0.4) is 0 Å². The second-order valence-corrected chi connectivity index (χ2v) is 8.89. The van der Waals surface area contributed by atoms with Gasteiger partial charge in [0.25, 0.3) is 0 Å². The lowest BCUT2D eigenvalue weighted by molar-refractivity contribution is -0.116. The van der Waals surface area contributed by atoms with Crippen LogP contribution in [0.2, 0.25) is 0 Å². The molecule has 9 heteroatoms. The first-order valence-electron chi connectivity index (χ1n) is 11.7. The Morgan fingerprint density at radius 1 is 1.00 bits per heavy atom. The number of benzene rings is 1. The van der Waals surface area contributed by atoms with Crippen molar-refractivity contribution in [3.63, 3.8) is 0 Å². The van der Waals surface area contributed by atoms with Crippen molar-refractivity contribution in [3.8, 4) is 0 Å². The SMILES string of the molecule is O=C(CCN1C(=S)N[C@@H](c2ccccn2)[C@H]1c1cccn1Cc1ccccn1)Nc1ccc(F)cc1. The highest BCUT2D eigenvalue weighted by atomic mass is 32.1. The second kappa shape index (κ2) is 10.7. The highest BCUT2D eigenvalue weighted by Gasteiger charge is 2.41. The molecule has 3 aromatic heterocycles. The molecule has 1 aliphatic rings. The zero-order chi connectivity index (χ0) is 24.9. The van der Waals surface area contributed by atoms with Crippen LogP contribution in [0.15, 0.2) is 91.4 Å². The third kappa shape index (κ3) is 5.26. The Morgan fingerprint density at radius 3 is 2.50 bits per heavy atom. The van der Waals surface area contributed by atoms with E-state index in [2.05, 4.69) is 31.2 Å². The van der Waals surface area contributed by atoms with Gasteiger partial charge in [-0.05, 0) is 72.9 Å². The number of nitrogens with zero attached hydrogens (tertiary/aromatic N) is 4. The molecule has 5 rings (SSSR count). The molecule has 182 valence electrons. The number of pyridine rings is 2. The van der Waals surface area contributed by atoms with E-state index >= 15 is 0 Å². The molecular formula is C27H25FN6OS. The van der Waals surface area contributed by atoms with Crippen LogP contribution >= 0.6 is 12.2 Å². The number of rotatable bonds is 8. The highest BCUT2D eigenvalue weighted by Crippen LogP contribution is 2.39. The fourth-order valence-corrected chi connectivity index (χ4v) is 4.78. The average Bonchev–Trinajstić information content (AvgIpc) is 3.48. The van der Waals surface area contributed by atoms with Gasteiger partial charge < -0.3 is 20.1 Å². The van der Waals surface area contributed by atoms with E-state index in [1.807, 2.05) is 53.6 Å². The maximum atomic E-state index is 13.2. The molecule has 1 fully saturated rings. The lowest BCUT2D eigenvalue weighted by Gasteiger charge is -2.28. The summed E-state index contributed by atoms with van der Waals surface area (Å²) in [5, 5.41) is 6.81. The first-order chi connectivity index (χ1) is 17.6. The number of hydrogen-bond acceptors (Lipinski definition) is 4. The van der Waals surface area contributed by atoms with Crippen LogP contribution in [0.5, 0.6) is 0 Å². The molecule has 0 aliphatic carbocycles. The Kier molecular flexibility index (Phi) is 6.99. The lowest BCUT2D eigenvalue weighted by Crippen LogP contribution is -2.33. The normalized spacial score (nSPS) is 17.1. The number of hydrogen-bond donors (Lipinski definition) is 2. The summed E-state index contributed by atoms with van der Waals surface area (Å²) in [6.45, 7) is 1.02. The Hall–Kier alpha value is -4.11. The minimum Gasteiger partial charge on any atom is -0.352 e. The number of aromatic nitrogens is 3. The number of halogens is 1. The van der Waals surface area contributed by atoms with E-state index in [4.69, 9.17) is 12.2 Å². The number of anilines is 1. The summed E-state index contributed by atoms with van der Waals surface area (Å²) in [7, 11) is 0. The van der Waals surface area contributed by atoms with Crippen molar-refractivity contribution < 1.29 is 9.18 Å². The Labute approximate surface area is 214 Å². The molecule has 1 aromatic carbocycles. The van der Waals surface area contributed by atoms with Crippen LogP contribution in [0.25, 0.3) is 0 Å². The summed E-state index contributed by atoms with van der Waals surface area (Å²) in [4.78, 5) is 23.8. The number of amides is 1. The zero-order valence-corrected chi connectivity index (χ0v) is 20.2. The van der Waals surface area contributed by atoms with Gasteiger partial charge in [-0.2, -0.15) is 0 Å². The number of carbonyl (C=O) groups excluding carboxylic acids is 1. The fraction of sp³-hybridized carbons (Fsp3) is 0.185. The van der Waals surface area contributed by atoms with E-state index in [0.29, 0.717) is 23.9 Å². The van der Waals surface area contributed by atoms with Crippen molar-refractivity contribution in [2.45, 2.75) is 25.0 Å². The maximum absolute atomic E-state index is 13.2. The Morgan fingerprint density at radius 2 is 1.78 bits per heavy atom. The molecule has 2 atom stereocenters. The number of thiocarbonyl (C=S) groups is 1. The van der Waals surface area contributed by atoms with Crippen LogP contribution in [-0.2, 0) is 11.3 Å². The summed E-state index contributed by atoms with van der Waals surface area (Å²) in [5.74, 6) is -0.521. The van der Waals surface area contributed by atoms with Crippen LogP contribution in [0.4, 0.5) is 10.1 Å². The van der Waals surface area contributed by atoms with Crippen molar-refractivity contribution >= 4 is 28.9 Å². The van der Waals surface area contributed by atoms with Crippen LogP contribution in [-0.4, -0.2) is 37.0 Å². The summed E-state index contributed by atoms with van der Waals surface area (Å²) in [5.41, 5.74) is 3.41. The van der Waals surface area contributed by atoms with Crippen molar-refractivity contribution in [1.82, 2.24) is 24.8 Å². The van der Waals surface area contributed by atoms with Crippen molar-refractivity contribution in [2.75, 3.05) is 11.9 Å². The molecule has 0 bridgehead atoms. The van der Waals surface area contributed by atoms with Gasteiger partial charge in [0.1, 0.15) is 5.82 Å². The maximum Gasteiger partial charge on any atom is 0.226 e. The first kappa shape index (κ1) is 23.6. The molecule has 7 nitrogen and oxygen atoms in total. The second-order valence-electron chi connectivity index (χ2n) is 8.51. The molecule has 0 saturated carbocycles. The lowest BCUT2D eigenvalue weighted by atomic mass is 10.0. The molecule has 36 heavy (non-hydrogen) atoms. The molecule has 0 radical (unpaired) electrons. The monoisotopic (exact) mass is 500 g/mol. The standard InChI is InChI=1S/C27H25FN6OS/c28-19-9-11-20(12-10-19)31-24(35)13-17-34-26(25(32-27(34)36)22-7-2-4-15-30-22)23-8-5-16-33(23)18-21-6-1-3-14-29-21/h1-12,14-16,25-26H,13,17-18H2,(H,31,35)(H,32,36)/t25-,26+/m0/s1. The molecule has 1 amide bonds. The average molecular weight is 501 g/mol. The fourth-order valence-electron chi connectivity index (χ4n) is 4.45. The molecular weight excluding hydrogens is 475 g/mol. The van der Waals surface area contributed by atoms with Gasteiger partial charge in [-0.25, -0.2) is 4.39 Å². The number of nitrogens with one attached hydrogen (secondary N) is 2. The quantitative estimate of drug-likeness (QED) is 0.348. The topological polar surface area (TPSA) is 75.1 Å². The van der Waals surface area contributed by atoms with Crippen molar-refractivity contribution in [2.24, 2.45) is 0 Å². The van der Waals surface area contributed by atoms with Crippen molar-refractivity contribution in [3.05, 3.63) is 114 Å². The van der Waals surface area contributed by atoms with Gasteiger partial charge in [0.2, 0.25) is 5.91 Å². The van der Waals surface area contributed by atoms with E-state index in [9.17, 15) is 9.18 Å². The third-order valence-corrected chi connectivity index (χ3v) is 6.48. The molecule has 4 aromatic rings. The number of carbonyl (C=O) groups is 1. The van der Waals surface area contributed by atoms with E-state index < -0.39 is 0 Å². The predicted molar refractivity (Wildman–Crippen MR) is 140 cm³/mol. The molecule has 2 N–H and O–H groups in total. The summed E-state index contributed by atoms with van der Waals surface area (Å²) < 4.78 is 15.3. The van der Waals surface area contributed by atoms with Gasteiger partial charge in [0.05, 0.1) is 30.0 Å². The van der Waals surface area contributed by atoms with Crippen LogP contribution in [0, 0.1) is 5.82 Å². The van der Waals surface area contributed by atoms with E-state index in [1.54, 1.807) is 24.5 Å². The van der Waals surface area contributed by atoms with Gasteiger partial charge in [0.15, 0.2) is 5.11 Å². The minimum absolute atomic E-state index is 0.173.